The van der Waals surface area contributed by atoms with Crippen LogP contribution in [-0.4, -0.2) is 66.7 Å². The van der Waals surface area contributed by atoms with Crippen LogP contribution < -0.4 is 0 Å². The number of fused-ring (bicyclic) bond motifs is 1. The van der Waals surface area contributed by atoms with Gasteiger partial charge in [0.1, 0.15) is 12.8 Å². The Morgan fingerprint density at radius 3 is 2.72 bits per heavy atom. The van der Waals surface area contributed by atoms with Crippen LogP contribution in [0.5, 0.6) is 0 Å². The molecule has 3 rings (SSSR count). The second kappa shape index (κ2) is 10.5. The average Bonchev–Trinajstić information content (AvgIpc) is 3.07. The Kier molecular flexibility index (Phi) is 8.03. The minimum Gasteiger partial charge on any atom is -0.396 e. The Hall–Kier alpha value is -2.29. The molecule has 0 saturated carbocycles. The van der Waals surface area contributed by atoms with Gasteiger partial charge in [-0.25, -0.2) is 0 Å². The second-order valence-electron chi connectivity index (χ2n) is 9.64. The van der Waals surface area contributed by atoms with E-state index in [1.165, 1.54) is 4.90 Å². The lowest BCUT2D eigenvalue weighted by Gasteiger charge is -2.35. The van der Waals surface area contributed by atoms with Gasteiger partial charge in [0.2, 0.25) is 5.91 Å². The maximum atomic E-state index is 13.1. The highest BCUT2D eigenvalue weighted by Gasteiger charge is 2.43. The highest BCUT2D eigenvalue weighted by atomic mass is 28.3. The fourth-order valence-electron chi connectivity index (χ4n) is 3.99. The van der Waals surface area contributed by atoms with Crippen LogP contribution in [0.25, 0.3) is 6.08 Å². The van der Waals surface area contributed by atoms with Gasteiger partial charge in [0.05, 0.1) is 0 Å². The van der Waals surface area contributed by atoms with E-state index in [0.717, 1.165) is 23.6 Å². The third-order valence-electron chi connectivity index (χ3n) is 5.94. The van der Waals surface area contributed by atoms with E-state index in [2.05, 4.69) is 19.6 Å². The van der Waals surface area contributed by atoms with E-state index in [1.807, 2.05) is 24.3 Å². The largest absolute Gasteiger partial charge is 0.396 e. The number of ether oxygens (including phenoxy) is 1. The van der Waals surface area contributed by atoms with Gasteiger partial charge in [0, 0.05) is 39.8 Å². The molecule has 2 aliphatic rings. The van der Waals surface area contributed by atoms with Crippen LogP contribution in [0.1, 0.15) is 47.2 Å². The first-order valence-electron chi connectivity index (χ1n) is 11.3. The van der Waals surface area contributed by atoms with Crippen LogP contribution in [0.15, 0.2) is 24.3 Å². The highest BCUT2D eigenvalue weighted by Crippen LogP contribution is 2.31. The molecule has 1 aromatic carbocycles. The van der Waals surface area contributed by atoms with Gasteiger partial charge in [-0.2, -0.15) is 0 Å². The molecule has 0 radical (unpaired) electrons. The molecule has 0 spiro atoms. The Bertz CT molecular complexity index is 893. The molecule has 0 aromatic heterocycles. The predicted molar refractivity (Wildman–Crippen MR) is 126 cm³/mol. The maximum absolute atomic E-state index is 13.1. The lowest BCUT2D eigenvalue weighted by atomic mass is 10.0. The molecule has 1 N–H and O–H groups in total. The zero-order valence-corrected chi connectivity index (χ0v) is 20.3. The number of amides is 3. The number of rotatable bonds is 10. The van der Waals surface area contributed by atoms with E-state index in [0.29, 0.717) is 31.6 Å². The molecular weight excluding hydrogens is 424 g/mol. The standard InChI is InChI=1S/C24H34N2O5Si/c1-32(2,3)15-14-31-17-26-22(28)12-11-21(24(26)30)25-16-20-18(8-5-4-6-13-27)9-7-10-19(20)23(25)29/h5,7-10,21,27H,4,6,11-17H2,1-3H3/b8-5+. The first kappa shape index (κ1) is 24.4. The summed E-state index contributed by atoms with van der Waals surface area (Å²) in [5, 5.41) is 8.95. The number of hydrogen-bond acceptors (Lipinski definition) is 5. The zero-order chi connectivity index (χ0) is 23.3. The van der Waals surface area contributed by atoms with Gasteiger partial charge in [-0.05, 0) is 42.5 Å². The van der Waals surface area contributed by atoms with Crippen molar-refractivity contribution in [3.63, 3.8) is 0 Å². The van der Waals surface area contributed by atoms with Crippen molar-refractivity contribution >= 4 is 31.9 Å². The summed E-state index contributed by atoms with van der Waals surface area (Å²) in [7, 11) is -1.26. The SMILES string of the molecule is C[Si](C)(C)CCOCN1C(=O)CCC(N2Cc3c(/C=C/CCCO)cccc3C2=O)C1=O. The van der Waals surface area contributed by atoms with Crippen molar-refractivity contribution in [1.82, 2.24) is 9.80 Å². The number of aliphatic hydroxyl groups is 1. The molecule has 7 nitrogen and oxygen atoms in total. The van der Waals surface area contributed by atoms with Crippen molar-refractivity contribution in [3.8, 4) is 0 Å². The van der Waals surface area contributed by atoms with Crippen molar-refractivity contribution in [2.45, 2.75) is 64.0 Å². The van der Waals surface area contributed by atoms with E-state index in [-0.39, 0.29) is 37.5 Å². The minimum absolute atomic E-state index is 0.0491. The molecule has 3 amide bonds. The fraction of sp³-hybridized carbons (Fsp3) is 0.542. The smallest absolute Gasteiger partial charge is 0.255 e. The van der Waals surface area contributed by atoms with Gasteiger partial charge in [0.25, 0.3) is 11.8 Å². The van der Waals surface area contributed by atoms with Crippen LogP contribution in [-0.2, 0) is 20.9 Å². The number of hydrogen-bond donors (Lipinski definition) is 1. The number of carbonyl (C=O) groups is 3. The van der Waals surface area contributed by atoms with Crippen LogP contribution in [0.3, 0.4) is 0 Å². The Labute approximate surface area is 191 Å². The van der Waals surface area contributed by atoms with Gasteiger partial charge in [-0.15, -0.1) is 0 Å². The summed E-state index contributed by atoms with van der Waals surface area (Å²) in [4.78, 5) is 41.4. The molecule has 32 heavy (non-hydrogen) atoms. The molecule has 174 valence electrons. The summed E-state index contributed by atoms with van der Waals surface area (Å²) in [6.45, 7) is 7.71. The number of piperidine rings is 1. The molecule has 8 heteroatoms. The molecule has 0 bridgehead atoms. The monoisotopic (exact) mass is 458 g/mol. The first-order chi connectivity index (χ1) is 15.2. The normalized spacial score (nSPS) is 19.4. The number of allylic oxidation sites excluding steroid dienone is 1. The van der Waals surface area contributed by atoms with Gasteiger partial charge in [-0.3, -0.25) is 19.3 Å². The van der Waals surface area contributed by atoms with Crippen LogP contribution in [0, 0.1) is 0 Å². The van der Waals surface area contributed by atoms with E-state index in [4.69, 9.17) is 9.84 Å². The zero-order valence-electron chi connectivity index (χ0n) is 19.3. The van der Waals surface area contributed by atoms with Gasteiger partial charge < -0.3 is 14.7 Å². The highest BCUT2D eigenvalue weighted by molar-refractivity contribution is 6.76. The summed E-state index contributed by atoms with van der Waals surface area (Å²) in [5.74, 6) is -0.760. The van der Waals surface area contributed by atoms with E-state index >= 15 is 0 Å². The van der Waals surface area contributed by atoms with Crippen LogP contribution >= 0.6 is 0 Å². The number of aliphatic hydroxyl groups excluding tert-OH is 1. The number of benzene rings is 1. The third kappa shape index (κ3) is 5.73. The lowest BCUT2D eigenvalue weighted by Crippen LogP contribution is -2.55. The molecule has 2 heterocycles. The number of imide groups is 1. The van der Waals surface area contributed by atoms with Crippen molar-refractivity contribution in [3.05, 3.63) is 41.0 Å². The maximum Gasteiger partial charge on any atom is 0.255 e. The van der Waals surface area contributed by atoms with Gasteiger partial charge >= 0.3 is 0 Å². The number of unbranched alkanes of at least 4 members (excludes halogenated alkanes) is 1. The molecule has 1 fully saturated rings. The molecule has 1 atom stereocenters. The number of likely N-dealkylation sites (tertiary alicyclic amines) is 1. The Balaban J connectivity index is 1.69. The number of nitrogens with zero attached hydrogens (tertiary/aromatic N) is 2. The van der Waals surface area contributed by atoms with Crippen LogP contribution in [0.2, 0.25) is 25.7 Å². The van der Waals surface area contributed by atoms with Crippen molar-refractivity contribution in [2.24, 2.45) is 0 Å². The summed E-state index contributed by atoms with van der Waals surface area (Å²) in [5.41, 5.74) is 2.46. The summed E-state index contributed by atoms with van der Waals surface area (Å²) in [6, 6.07) is 5.89. The topological polar surface area (TPSA) is 87.2 Å². The Morgan fingerprint density at radius 1 is 1.22 bits per heavy atom. The van der Waals surface area contributed by atoms with Gasteiger partial charge in [0.15, 0.2) is 0 Å². The first-order valence-corrected chi connectivity index (χ1v) is 15.1. The molecule has 1 aromatic rings. The minimum atomic E-state index is -1.26. The quantitative estimate of drug-likeness (QED) is 0.330. The average molecular weight is 459 g/mol. The van der Waals surface area contributed by atoms with E-state index in [1.54, 1.807) is 11.0 Å². The predicted octanol–water partition coefficient (Wildman–Crippen LogP) is 3.26. The molecule has 0 aliphatic carbocycles. The molecule has 2 aliphatic heterocycles. The lowest BCUT2D eigenvalue weighted by molar-refractivity contribution is -0.158. The third-order valence-corrected chi connectivity index (χ3v) is 7.64. The van der Waals surface area contributed by atoms with Crippen molar-refractivity contribution < 1.29 is 24.2 Å². The Morgan fingerprint density at radius 2 is 2.00 bits per heavy atom. The van der Waals surface area contributed by atoms with E-state index < -0.39 is 14.1 Å². The van der Waals surface area contributed by atoms with Crippen molar-refractivity contribution in [1.29, 1.82) is 0 Å². The summed E-state index contributed by atoms with van der Waals surface area (Å²) < 4.78 is 5.66. The molecule has 1 saturated heterocycles. The second-order valence-corrected chi connectivity index (χ2v) is 15.3. The summed E-state index contributed by atoms with van der Waals surface area (Å²) in [6.07, 6.45) is 5.97. The summed E-state index contributed by atoms with van der Waals surface area (Å²) >= 11 is 0. The van der Waals surface area contributed by atoms with Crippen molar-refractivity contribution in [2.75, 3.05) is 19.9 Å². The molecular formula is C24H34N2O5Si. The molecule has 1 unspecified atom stereocenters. The number of carbonyl (C=O) groups excluding carboxylic acids is 3. The van der Waals surface area contributed by atoms with Gasteiger partial charge in [-0.1, -0.05) is 43.9 Å². The van der Waals surface area contributed by atoms with Crippen LogP contribution in [0.4, 0.5) is 0 Å². The van der Waals surface area contributed by atoms with E-state index in [9.17, 15) is 14.4 Å². The fourth-order valence-corrected chi connectivity index (χ4v) is 4.74.